The van der Waals surface area contributed by atoms with E-state index in [-0.39, 0.29) is 0 Å². The van der Waals surface area contributed by atoms with Crippen molar-refractivity contribution >= 4 is 28.4 Å². The van der Waals surface area contributed by atoms with Gasteiger partial charge in [-0.3, -0.25) is 0 Å². The van der Waals surface area contributed by atoms with Crippen LogP contribution in [-0.2, 0) is 0 Å². The SMILES string of the molecule is C=Cc1ccc(-c2nc3ccccc3nc2OCC)s1. The van der Waals surface area contributed by atoms with Gasteiger partial charge in [0.15, 0.2) is 0 Å². The molecule has 0 aliphatic heterocycles. The summed E-state index contributed by atoms with van der Waals surface area (Å²) in [6, 6.07) is 11.9. The molecule has 0 spiro atoms. The van der Waals surface area contributed by atoms with Crippen LogP contribution < -0.4 is 4.74 Å². The number of thiophene rings is 1. The Morgan fingerprint density at radius 2 is 1.90 bits per heavy atom. The molecule has 100 valence electrons. The summed E-state index contributed by atoms with van der Waals surface area (Å²) in [5.74, 6) is 0.587. The lowest BCUT2D eigenvalue weighted by Crippen LogP contribution is -1.99. The predicted molar refractivity (Wildman–Crippen MR) is 84.1 cm³/mol. The molecule has 0 amide bonds. The van der Waals surface area contributed by atoms with Gasteiger partial charge in [0.1, 0.15) is 5.69 Å². The Bertz CT molecular complexity index is 764. The van der Waals surface area contributed by atoms with Gasteiger partial charge in [0.2, 0.25) is 5.88 Å². The first-order valence-corrected chi connectivity index (χ1v) is 7.25. The molecule has 0 N–H and O–H groups in total. The van der Waals surface area contributed by atoms with Crippen LogP contribution >= 0.6 is 11.3 Å². The Morgan fingerprint density at radius 1 is 1.15 bits per heavy atom. The summed E-state index contributed by atoms with van der Waals surface area (Å²) in [5, 5.41) is 0. The second-order valence-corrected chi connectivity index (χ2v) is 5.32. The molecule has 0 saturated heterocycles. The van der Waals surface area contributed by atoms with Crippen LogP contribution in [-0.4, -0.2) is 16.6 Å². The molecule has 0 aliphatic carbocycles. The van der Waals surface area contributed by atoms with Crippen molar-refractivity contribution in [2.24, 2.45) is 0 Å². The first-order valence-electron chi connectivity index (χ1n) is 6.44. The molecule has 0 aliphatic rings. The average Bonchev–Trinajstić information content (AvgIpc) is 2.95. The number of fused-ring (bicyclic) bond motifs is 1. The lowest BCUT2D eigenvalue weighted by Gasteiger charge is -2.08. The van der Waals surface area contributed by atoms with Gasteiger partial charge in [0, 0.05) is 4.88 Å². The summed E-state index contributed by atoms with van der Waals surface area (Å²) >= 11 is 1.63. The molecule has 0 fully saturated rings. The number of benzene rings is 1. The average molecular weight is 282 g/mol. The topological polar surface area (TPSA) is 35.0 Å². The van der Waals surface area contributed by atoms with Crippen molar-refractivity contribution in [3.63, 3.8) is 0 Å². The van der Waals surface area contributed by atoms with E-state index in [0.29, 0.717) is 12.5 Å². The van der Waals surface area contributed by atoms with Crippen molar-refractivity contribution in [3.05, 3.63) is 47.9 Å². The summed E-state index contributed by atoms with van der Waals surface area (Å²) < 4.78 is 5.65. The quantitative estimate of drug-likeness (QED) is 0.711. The predicted octanol–water partition coefficient (Wildman–Crippen LogP) is 4.40. The fourth-order valence-corrected chi connectivity index (χ4v) is 2.81. The molecule has 3 nitrogen and oxygen atoms in total. The summed E-state index contributed by atoms with van der Waals surface area (Å²) in [6.07, 6.45) is 1.84. The Labute approximate surface area is 121 Å². The van der Waals surface area contributed by atoms with Crippen molar-refractivity contribution < 1.29 is 4.74 Å². The molecule has 0 atom stereocenters. The van der Waals surface area contributed by atoms with Crippen LogP contribution in [0.1, 0.15) is 11.8 Å². The second kappa shape index (κ2) is 5.43. The molecule has 3 rings (SSSR count). The smallest absolute Gasteiger partial charge is 0.242 e. The zero-order valence-corrected chi connectivity index (χ0v) is 12.0. The standard InChI is InChI=1S/C16H14N2OS/c1-3-11-9-10-14(20-11)15-16(19-4-2)18-13-8-6-5-7-12(13)17-15/h3,5-10H,1,4H2,2H3. The van der Waals surface area contributed by atoms with Gasteiger partial charge in [-0.2, -0.15) is 0 Å². The highest BCUT2D eigenvalue weighted by molar-refractivity contribution is 7.16. The minimum atomic E-state index is 0.569. The number of nitrogens with zero attached hydrogens (tertiary/aromatic N) is 2. The lowest BCUT2D eigenvalue weighted by molar-refractivity contribution is 0.328. The maximum atomic E-state index is 5.65. The molecule has 2 heterocycles. The molecule has 3 aromatic rings. The van der Waals surface area contributed by atoms with Crippen LogP contribution in [0.15, 0.2) is 43.0 Å². The fourth-order valence-electron chi connectivity index (χ4n) is 1.97. The van der Waals surface area contributed by atoms with Gasteiger partial charge in [-0.05, 0) is 31.2 Å². The number of ether oxygens (including phenoxy) is 1. The lowest BCUT2D eigenvalue weighted by atomic mass is 10.2. The number of hydrogen-bond acceptors (Lipinski definition) is 4. The molecule has 0 radical (unpaired) electrons. The van der Waals surface area contributed by atoms with Gasteiger partial charge >= 0.3 is 0 Å². The molecule has 0 bridgehead atoms. The van der Waals surface area contributed by atoms with Crippen molar-refractivity contribution in [1.82, 2.24) is 9.97 Å². The number of aromatic nitrogens is 2. The first-order chi connectivity index (χ1) is 9.81. The number of para-hydroxylation sites is 2. The maximum absolute atomic E-state index is 5.65. The summed E-state index contributed by atoms with van der Waals surface area (Å²) in [5.41, 5.74) is 2.52. The normalized spacial score (nSPS) is 10.7. The molecule has 2 aromatic heterocycles. The Morgan fingerprint density at radius 3 is 2.55 bits per heavy atom. The summed E-state index contributed by atoms with van der Waals surface area (Å²) in [7, 11) is 0. The zero-order valence-electron chi connectivity index (χ0n) is 11.2. The van der Waals surface area contributed by atoms with Gasteiger partial charge in [0.05, 0.1) is 22.5 Å². The second-order valence-electron chi connectivity index (χ2n) is 4.21. The Kier molecular flexibility index (Phi) is 3.48. The van der Waals surface area contributed by atoms with E-state index in [4.69, 9.17) is 9.72 Å². The largest absolute Gasteiger partial charge is 0.476 e. The van der Waals surface area contributed by atoms with Crippen molar-refractivity contribution in [2.75, 3.05) is 6.61 Å². The third kappa shape index (κ3) is 2.30. The van der Waals surface area contributed by atoms with E-state index in [1.807, 2.05) is 49.4 Å². The van der Waals surface area contributed by atoms with Crippen LogP contribution in [0.2, 0.25) is 0 Å². The van der Waals surface area contributed by atoms with Gasteiger partial charge in [0.25, 0.3) is 0 Å². The zero-order chi connectivity index (χ0) is 13.9. The van der Waals surface area contributed by atoms with Gasteiger partial charge < -0.3 is 4.74 Å². The summed E-state index contributed by atoms with van der Waals surface area (Å²) in [4.78, 5) is 11.4. The van der Waals surface area contributed by atoms with E-state index in [1.165, 1.54) is 0 Å². The first kappa shape index (κ1) is 12.8. The van der Waals surface area contributed by atoms with E-state index in [9.17, 15) is 0 Å². The Hall–Kier alpha value is -2.20. The fraction of sp³-hybridized carbons (Fsp3) is 0.125. The van der Waals surface area contributed by atoms with Crippen LogP contribution in [0.3, 0.4) is 0 Å². The van der Waals surface area contributed by atoms with Crippen molar-refractivity contribution in [2.45, 2.75) is 6.92 Å². The molecule has 4 heteroatoms. The van der Waals surface area contributed by atoms with Crippen molar-refractivity contribution in [3.8, 4) is 16.5 Å². The van der Waals surface area contributed by atoms with Crippen LogP contribution in [0.4, 0.5) is 0 Å². The Balaban J connectivity index is 2.20. The molecular formula is C16H14N2OS. The van der Waals surface area contributed by atoms with Crippen LogP contribution in [0.5, 0.6) is 5.88 Å². The van der Waals surface area contributed by atoms with Crippen LogP contribution in [0.25, 0.3) is 27.7 Å². The third-order valence-corrected chi connectivity index (χ3v) is 3.97. The van der Waals surface area contributed by atoms with Crippen LogP contribution in [0, 0.1) is 0 Å². The van der Waals surface area contributed by atoms with E-state index < -0.39 is 0 Å². The molecule has 1 aromatic carbocycles. The third-order valence-electron chi connectivity index (χ3n) is 2.88. The van der Waals surface area contributed by atoms with Crippen molar-refractivity contribution in [1.29, 1.82) is 0 Å². The number of hydrogen-bond donors (Lipinski definition) is 0. The monoisotopic (exact) mass is 282 g/mol. The molecule has 0 saturated carbocycles. The molecule has 20 heavy (non-hydrogen) atoms. The maximum Gasteiger partial charge on any atom is 0.242 e. The van der Waals surface area contributed by atoms with Gasteiger partial charge in [-0.1, -0.05) is 24.8 Å². The molecular weight excluding hydrogens is 268 g/mol. The minimum absolute atomic E-state index is 0.569. The highest BCUT2D eigenvalue weighted by Crippen LogP contribution is 2.34. The highest BCUT2D eigenvalue weighted by Gasteiger charge is 2.13. The van der Waals surface area contributed by atoms with Gasteiger partial charge in [-0.15, -0.1) is 11.3 Å². The highest BCUT2D eigenvalue weighted by atomic mass is 32.1. The number of rotatable bonds is 4. The van der Waals surface area contributed by atoms with Gasteiger partial charge in [-0.25, -0.2) is 9.97 Å². The summed E-state index contributed by atoms with van der Waals surface area (Å²) in [6.45, 7) is 6.31. The minimum Gasteiger partial charge on any atom is -0.476 e. The van der Waals surface area contributed by atoms with E-state index >= 15 is 0 Å². The van der Waals surface area contributed by atoms with E-state index in [2.05, 4.69) is 11.6 Å². The molecule has 0 unspecified atom stereocenters. The van der Waals surface area contributed by atoms with E-state index in [0.717, 1.165) is 26.5 Å². The van der Waals surface area contributed by atoms with E-state index in [1.54, 1.807) is 11.3 Å².